The molecule has 0 spiro atoms. The molecular weight excluding hydrogens is 480 g/mol. The molecule has 6 rings (SSSR count). The number of amides is 1. The van der Waals surface area contributed by atoms with Crippen molar-refractivity contribution in [1.82, 2.24) is 34.2 Å². The Labute approximate surface area is 219 Å². The lowest BCUT2D eigenvalue weighted by molar-refractivity contribution is -0.127. The molecule has 4 heterocycles. The van der Waals surface area contributed by atoms with Crippen molar-refractivity contribution < 1.29 is 9.53 Å². The average Bonchev–Trinajstić information content (AvgIpc) is 3.51. The first-order valence-electron chi connectivity index (χ1n) is 12.5. The number of ether oxygens (including phenoxy) is 1. The third-order valence-electron chi connectivity index (χ3n) is 7.12. The molecule has 38 heavy (non-hydrogen) atoms. The van der Waals surface area contributed by atoms with E-state index in [4.69, 9.17) is 15.6 Å². The molecule has 3 aromatic heterocycles. The maximum atomic E-state index is 12.3. The van der Waals surface area contributed by atoms with Gasteiger partial charge in [0.2, 0.25) is 5.91 Å². The molecule has 0 saturated carbocycles. The van der Waals surface area contributed by atoms with Crippen LogP contribution in [0.15, 0.2) is 61.7 Å². The van der Waals surface area contributed by atoms with Crippen LogP contribution < -0.4 is 10.5 Å². The van der Waals surface area contributed by atoms with Crippen LogP contribution in [0, 0.1) is 6.92 Å². The topological polar surface area (TPSA) is 117 Å². The van der Waals surface area contributed by atoms with Crippen LogP contribution in [0.1, 0.15) is 24.4 Å². The predicted octanol–water partition coefficient (Wildman–Crippen LogP) is 4.41. The Kier molecular flexibility index (Phi) is 5.79. The fourth-order valence-corrected chi connectivity index (χ4v) is 5.15. The van der Waals surface area contributed by atoms with E-state index in [-0.39, 0.29) is 11.9 Å². The largest absolute Gasteiger partial charge is 0.457 e. The van der Waals surface area contributed by atoms with Crippen LogP contribution in [0.4, 0.5) is 5.82 Å². The summed E-state index contributed by atoms with van der Waals surface area (Å²) in [5.41, 5.74) is 11.5. The molecule has 5 aromatic rings. The van der Waals surface area contributed by atoms with E-state index >= 15 is 0 Å². The standard InChI is InChI=1S/C28H28N8O2/c1-4-24(37)35-11-5-6-19(14-35)36-28-25(27(29)30-15-31-28)26(33-36)18-7-10-23(17(2)12-18)38-20-8-9-22-21(13-20)32-16-34(22)3/h4,7-10,12-13,15-16,19H,1,5-6,11,14H2,2-3H3,(H2,29,30,31)/t19-/m1/s1. The Balaban J connectivity index is 1.35. The van der Waals surface area contributed by atoms with Crippen LogP contribution in [0.2, 0.25) is 0 Å². The van der Waals surface area contributed by atoms with E-state index in [9.17, 15) is 4.79 Å². The summed E-state index contributed by atoms with van der Waals surface area (Å²) in [6.45, 7) is 6.87. The van der Waals surface area contributed by atoms with Crippen LogP contribution >= 0.6 is 0 Å². The van der Waals surface area contributed by atoms with Gasteiger partial charge in [0.05, 0.1) is 28.8 Å². The number of likely N-dealkylation sites (tertiary alicyclic amines) is 1. The van der Waals surface area contributed by atoms with Gasteiger partial charge < -0.3 is 19.9 Å². The number of rotatable bonds is 5. The maximum Gasteiger partial charge on any atom is 0.246 e. The van der Waals surface area contributed by atoms with Crippen molar-refractivity contribution in [1.29, 1.82) is 0 Å². The Bertz CT molecular complexity index is 1700. The quantitative estimate of drug-likeness (QED) is 0.349. The van der Waals surface area contributed by atoms with Gasteiger partial charge >= 0.3 is 0 Å². The average molecular weight is 509 g/mol. The third-order valence-corrected chi connectivity index (χ3v) is 7.12. The van der Waals surface area contributed by atoms with Crippen molar-refractivity contribution in [3.8, 4) is 22.8 Å². The Morgan fingerprint density at radius 1 is 1.18 bits per heavy atom. The van der Waals surface area contributed by atoms with Gasteiger partial charge in [-0.2, -0.15) is 5.10 Å². The number of hydrogen-bond donors (Lipinski definition) is 1. The molecule has 1 amide bonds. The zero-order chi connectivity index (χ0) is 26.4. The molecule has 1 saturated heterocycles. The monoisotopic (exact) mass is 508 g/mol. The number of carbonyl (C=O) groups is 1. The van der Waals surface area contributed by atoms with Crippen molar-refractivity contribution in [2.75, 3.05) is 18.8 Å². The number of nitrogen functional groups attached to an aromatic ring is 1. The van der Waals surface area contributed by atoms with Crippen molar-refractivity contribution in [3.63, 3.8) is 0 Å². The van der Waals surface area contributed by atoms with Gasteiger partial charge in [0.25, 0.3) is 0 Å². The highest BCUT2D eigenvalue weighted by Crippen LogP contribution is 2.36. The van der Waals surface area contributed by atoms with Gasteiger partial charge in [-0.15, -0.1) is 0 Å². The minimum Gasteiger partial charge on any atom is -0.457 e. The Morgan fingerprint density at radius 3 is 2.87 bits per heavy atom. The van der Waals surface area contributed by atoms with Gasteiger partial charge in [-0.05, 0) is 61.7 Å². The van der Waals surface area contributed by atoms with E-state index in [1.54, 1.807) is 11.2 Å². The SMILES string of the molecule is C=CC(=O)N1CCC[C@@H](n2nc(-c3ccc(Oc4ccc5c(c4)ncn5C)c(C)c3)c3c(N)ncnc32)C1. The molecule has 1 aliphatic rings. The molecule has 2 aromatic carbocycles. The second-order valence-electron chi connectivity index (χ2n) is 9.62. The lowest BCUT2D eigenvalue weighted by Crippen LogP contribution is -2.40. The lowest BCUT2D eigenvalue weighted by atomic mass is 10.1. The highest BCUT2D eigenvalue weighted by atomic mass is 16.5. The normalized spacial score (nSPS) is 15.7. The zero-order valence-electron chi connectivity index (χ0n) is 21.3. The highest BCUT2D eigenvalue weighted by Gasteiger charge is 2.28. The van der Waals surface area contributed by atoms with Gasteiger partial charge in [-0.1, -0.05) is 6.58 Å². The molecule has 192 valence electrons. The number of aromatic nitrogens is 6. The van der Waals surface area contributed by atoms with Crippen LogP contribution in [-0.2, 0) is 11.8 Å². The van der Waals surface area contributed by atoms with Crippen LogP contribution in [-0.4, -0.2) is 53.2 Å². The number of carbonyl (C=O) groups excluding carboxylic acids is 1. The molecule has 0 bridgehead atoms. The van der Waals surface area contributed by atoms with Crippen molar-refractivity contribution in [2.45, 2.75) is 25.8 Å². The number of benzene rings is 2. The lowest BCUT2D eigenvalue weighted by Gasteiger charge is -2.32. The molecule has 10 heteroatoms. The first kappa shape index (κ1) is 23.7. The van der Waals surface area contributed by atoms with Gasteiger partial charge in [-0.25, -0.2) is 19.6 Å². The second kappa shape index (κ2) is 9.29. The molecule has 1 atom stereocenters. The maximum absolute atomic E-state index is 12.3. The van der Waals surface area contributed by atoms with E-state index in [0.29, 0.717) is 35.6 Å². The van der Waals surface area contributed by atoms with E-state index in [1.165, 1.54) is 12.4 Å². The molecule has 2 N–H and O–H groups in total. The molecule has 0 radical (unpaired) electrons. The number of fused-ring (bicyclic) bond motifs is 2. The minimum absolute atomic E-state index is 0.0246. The second-order valence-corrected chi connectivity index (χ2v) is 9.62. The summed E-state index contributed by atoms with van der Waals surface area (Å²) in [6, 6.07) is 11.8. The van der Waals surface area contributed by atoms with Gasteiger partial charge in [-0.3, -0.25) is 4.79 Å². The number of aryl methyl sites for hydroxylation is 2. The van der Waals surface area contributed by atoms with Crippen molar-refractivity contribution in [2.24, 2.45) is 7.05 Å². The Morgan fingerprint density at radius 2 is 2.05 bits per heavy atom. The number of piperidine rings is 1. The summed E-state index contributed by atoms with van der Waals surface area (Å²) in [5, 5.41) is 5.68. The van der Waals surface area contributed by atoms with Gasteiger partial charge in [0, 0.05) is 31.8 Å². The predicted molar refractivity (Wildman–Crippen MR) is 146 cm³/mol. The number of nitrogens with zero attached hydrogens (tertiary/aromatic N) is 7. The molecule has 1 fully saturated rings. The fourth-order valence-electron chi connectivity index (χ4n) is 5.15. The number of nitrogens with two attached hydrogens (primary N) is 1. The van der Waals surface area contributed by atoms with E-state index in [0.717, 1.165) is 46.5 Å². The van der Waals surface area contributed by atoms with Gasteiger partial charge in [0.1, 0.15) is 29.3 Å². The summed E-state index contributed by atoms with van der Waals surface area (Å²) in [6.07, 6.45) is 6.35. The smallest absolute Gasteiger partial charge is 0.246 e. The first-order chi connectivity index (χ1) is 18.4. The molecule has 0 aliphatic carbocycles. The van der Waals surface area contributed by atoms with Crippen LogP contribution in [0.3, 0.4) is 0 Å². The summed E-state index contributed by atoms with van der Waals surface area (Å²) in [5.74, 6) is 1.75. The van der Waals surface area contributed by atoms with Crippen LogP contribution in [0.5, 0.6) is 11.5 Å². The number of anilines is 1. The molecule has 0 unspecified atom stereocenters. The van der Waals surface area contributed by atoms with Gasteiger partial charge in [0.15, 0.2) is 5.65 Å². The number of imidazole rings is 1. The number of hydrogen-bond acceptors (Lipinski definition) is 7. The summed E-state index contributed by atoms with van der Waals surface area (Å²) >= 11 is 0. The Hall–Kier alpha value is -4.73. The van der Waals surface area contributed by atoms with Crippen molar-refractivity contribution in [3.05, 3.63) is 67.3 Å². The van der Waals surface area contributed by atoms with E-state index in [1.807, 2.05) is 59.6 Å². The summed E-state index contributed by atoms with van der Waals surface area (Å²) in [7, 11) is 1.96. The van der Waals surface area contributed by atoms with Crippen molar-refractivity contribution >= 4 is 33.8 Å². The van der Waals surface area contributed by atoms with E-state index < -0.39 is 0 Å². The molecular formula is C28H28N8O2. The summed E-state index contributed by atoms with van der Waals surface area (Å²) < 4.78 is 10.1. The molecule has 1 aliphatic heterocycles. The third kappa shape index (κ3) is 4.03. The first-order valence-corrected chi connectivity index (χ1v) is 12.5. The highest BCUT2D eigenvalue weighted by molar-refractivity contribution is 5.98. The zero-order valence-corrected chi connectivity index (χ0v) is 21.3. The van der Waals surface area contributed by atoms with Crippen LogP contribution in [0.25, 0.3) is 33.3 Å². The van der Waals surface area contributed by atoms with E-state index in [2.05, 4.69) is 21.5 Å². The molecule has 10 nitrogen and oxygen atoms in total. The summed E-state index contributed by atoms with van der Waals surface area (Å²) in [4.78, 5) is 27.3. The fraction of sp³-hybridized carbons (Fsp3) is 0.250. The minimum atomic E-state index is -0.0751.